The lowest BCUT2D eigenvalue weighted by Gasteiger charge is -2.09. The van der Waals surface area contributed by atoms with Crippen molar-refractivity contribution in [3.05, 3.63) is 106 Å². The van der Waals surface area contributed by atoms with Gasteiger partial charge in [-0.1, -0.05) is 92.5 Å². The molecule has 126 valence electrons. The monoisotopic (exact) mass is 462 g/mol. The van der Waals surface area contributed by atoms with Crippen LogP contribution in [0.2, 0.25) is 0 Å². The van der Waals surface area contributed by atoms with Crippen molar-refractivity contribution in [2.45, 2.75) is 0 Å². The minimum atomic E-state index is 1.09. The smallest absolute Gasteiger partial charge is 0.0181 e. The van der Waals surface area contributed by atoms with Crippen molar-refractivity contribution >= 4 is 31.9 Å². The van der Waals surface area contributed by atoms with E-state index in [-0.39, 0.29) is 0 Å². The second kappa shape index (κ2) is 7.61. The molecule has 0 spiro atoms. The van der Waals surface area contributed by atoms with E-state index >= 15 is 0 Å². The molecule has 0 saturated heterocycles. The van der Waals surface area contributed by atoms with Crippen LogP contribution in [0.4, 0.5) is 0 Å². The van der Waals surface area contributed by atoms with Gasteiger partial charge in [-0.3, -0.25) is 0 Å². The van der Waals surface area contributed by atoms with Gasteiger partial charge in [0.2, 0.25) is 0 Å². The zero-order chi connectivity index (χ0) is 17.9. The first kappa shape index (κ1) is 17.3. The molecule has 0 radical (unpaired) electrons. The van der Waals surface area contributed by atoms with Gasteiger partial charge in [0, 0.05) is 8.95 Å². The molecule has 4 aromatic carbocycles. The number of rotatable bonds is 3. The van der Waals surface area contributed by atoms with Gasteiger partial charge in [0.05, 0.1) is 0 Å². The average Bonchev–Trinajstić information content (AvgIpc) is 2.68. The highest BCUT2D eigenvalue weighted by Crippen LogP contribution is 2.31. The van der Waals surface area contributed by atoms with E-state index < -0.39 is 0 Å². The van der Waals surface area contributed by atoms with E-state index in [1.54, 1.807) is 0 Å². The molecule has 0 aliphatic heterocycles. The summed E-state index contributed by atoms with van der Waals surface area (Å²) >= 11 is 7.12. The maximum absolute atomic E-state index is 3.56. The summed E-state index contributed by atoms with van der Waals surface area (Å²) in [6, 6.07) is 34.2. The molecule has 0 atom stereocenters. The fourth-order valence-electron chi connectivity index (χ4n) is 3.09. The summed E-state index contributed by atoms with van der Waals surface area (Å²) in [6.07, 6.45) is 0. The highest BCUT2D eigenvalue weighted by molar-refractivity contribution is 9.10. The molecule has 0 bridgehead atoms. The van der Waals surface area contributed by atoms with Crippen LogP contribution < -0.4 is 0 Å². The summed E-state index contributed by atoms with van der Waals surface area (Å²) in [5, 5.41) is 0. The van der Waals surface area contributed by atoms with E-state index in [1.165, 1.54) is 33.4 Å². The fraction of sp³-hybridized carbons (Fsp3) is 0. The number of hydrogen-bond acceptors (Lipinski definition) is 0. The minimum Gasteiger partial charge on any atom is -0.0610 e. The highest BCUT2D eigenvalue weighted by atomic mass is 79.9. The molecule has 0 aliphatic rings. The van der Waals surface area contributed by atoms with Gasteiger partial charge in [0.25, 0.3) is 0 Å². The summed E-state index contributed by atoms with van der Waals surface area (Å²) in [5.74, 6) is 0. The van der Waals surface area contributed by atoms with Gasteiger partial charge < -0.3 is 0 Å². The molecule has 26 heavy (non-hydrogen) atoms. The van der Waals surface area contributed by atoms with Crippen molar-refractivity contribution in [3.63, 3.8) is 0 Å². The van der Waals surface area contributed by atoms with Crippen LogP contribution in [0.15, 0.2) is 106 Å². The van der Waals surface area contributed by atoms with Crippen LogP contribution in [-0.4, -0.2) is 0 Å². The molecule has 0 fully saturated rings. The predicted octanol–water partition coefficient (Wildman–Crippen LogP) is 8.21. The lowest BCUT2D eigenvalue weighted by molar-refractivity contribution is 1.56. The average molecular weight is 464 g/mol. The molecular weight excluding hydrogens is 448 g/mol. The molecule has 0 aromatic heterocycles. The first-order valence-corrected chi connectivity index (χ1v) is 10.00. The quantitative estimate of drug-likeness (QED) is 0.287. The predicted molar refractivity (Wildman–Crippen MR) is 118 cm³/mol. The largest absolute Gasteiger partial charge is 0.0610 e. The minimum absolute atomic E-state index is 1.09. The van der Waals surface area contributed by atoms with Gasteiger partial charge in [0.1, 0.15) is 0 Å². The second-order valence-electron chi connectivity index (χ2n) is 6.18. The maximum atomic E-state index is 3.56. The van der Waals surface area contributed by atoms with E-state index in [0.717, 1.165) is 8.95 Å². The summed E-state index contributed by atoms with van der Waals surface area (Å²) in [7, 11) is 0. The number of halogens is 2. The lowest BCUT2D eigenvalue weighted by atomic mass is 9.96. The molecule has 0 aliphatic carbocycles. The third kappa shape index (κ3) is 3.82. The van der Waals surface area contributed by atoms with Crippen molar-refractivity contribution in [2.24, 2.45) is 0 Å². The first-order chi connectivity index (χ1) is 12.7. The maximum Gasteiger partial charge on any atom is 0.0181 e. The van der Waals surface area contributed by atoms with Gasteiger partial charge in [-0.25, -0.2) is 0 Å². The summed E-state index contributed by atoms with van der Waals surface area (Å²) in [5.41, 5.74) is 7.31. The van der Waals surface area contributed by atoms with Crippen LogP contribution in [0.5, 0.6) is 0 Å². The zero-order valence-corrected chi connectivity index (χ0v) is 17.2. The van der Waals surface area contributed by atoms with Gasteiger partial charge >= 0.3 is 0 Å². The van der Waals surface area contributed by atoms with Crippen LogP contribution in [0, 0.1) is 0 Å². The highest BCUT2D eigenvalue weighted by Gasteiger charge is 2.05. The Morgan fingerprint density at radius 2 is 0.615 bits per heavy atom. The van der Waals surface area contributed by atoms with Crippen LogP contribution in [0.1, 0.15) is 0 Å². The number of hydrogen-bond donors (Lipinski definition) is 0. The van der Waals surface area contributed by atoms with E-state index in [0.29, 0.717) is 0 Å². The van der Waals surface area contributed by atoms with Crippen LogP contribution in [0.3, 0.4) is 0 Å². The Morgan fingerprint density at radius 3 is 0.923 bits per heavy atom. The normalized spacial score (nSPS) is 10.7. The zero-order valence-electron chi connectivity index (χ0n) is 14.0. The van der Waals surface area contributed by atoms with Gasteiger partial charge in [0.15, 0.2) is 0 Å². The van der Waals surface area contributed by atoms with Gasteiger partial charge in [-0.2, -0.15) is 0 Å². The van der Waals surface area contributed by atoms with E-state index in [1.807, 2.05) is 0 Å². The topological polar surface area (TPSA) is 0 Å². The van der Waals surface area contributed by atoms with Crippen molar-refractivity contribution in [1.82, 2.24) is 0 Å². The molecule has 0 heterocycles. The molecule has 0 nitrogen and oxygen atoms in total. The molecule has 4 aromatic rings. The SMILES string of the molecule is Brc1cccc(-c2cccc(-c3cccc(-c4cccc(Br)c4)c3)c2)c1. The Bertz CT molecular complexity index is 980. The Labute approximate surface area is 170 Å². The molecule has 0 N–H and O–H groups in total. The van der Waals surface area contributed by atoms with Crippen molar-refractivity contribution in [2.75, 3.05) is 0 Å². The third-order valence-corrected chi connectivity index (χ3v) is 5.36. The van der Waals surface area contributed by atoms with Gasteiger partial charge in [-0.15, -0.1) is 0 Å². The lowest BCUT2D eigenvalue weighted by Crippen LogP contribution is -1.83. The van der Waals surface area contributed by atoms with Crippen LogP contribution in [-0.2, 0) is 0 Å². The Hall–Kier alpha value is -2.16. The molecule has 0 amide bonds. The molecule has 0 saturated carbocycles. The third-order valence-electron chi connectivity index (χ3n) is 4.37. The van der Waals surface area contributed by atoms with E-state index in [2.05, 4.69) is 129 Å². The molecular formula is C24H16Br2. The van der Waals surface area contributed by atoms with E-state index in [9.17, 15) is 0 Å². The van der Waals surface area contributed by atoms with E-state index in [4.69, 9.17) is 0 Å². The summed E-state index contributed by atoms with van der Waals surface area (Å²) in [4.78, 5) is 0. The van der Waals surface area contributed by atoms with Gasteiger partial charge in [-0.05, 0) is 69.8 Å². The Kier molecular flexibility index (Phi) is 5.05. The Morgan fingerprint density at radius 1 is 0.346 bits per heavy atom. The van der Waals surface area contributed by atoms with Crippen molar-refractivity contribution in [3.8, 4) is 33.4 Å². The summed E-state index contributed by atoms with van der Waals surface area (Å²) in [6.45, 7) is 0. The van der Waals surface area contributed by atoms with Crippen LogP contribution in [0.25, 0.3) is 33.4 Å². The molecule has 2 heteroatoms. The van der Waals surface area contributed by atoms with Crippen molar-refractivity contribution in [1.29, 1.82) is 0 Å². The second-order valence-corrected chi connectivity index (χ2v) is 8.01. The summed E-state index contributed by atoms with van der Waals surface area (Å²) < 4.78 is 2.19. The Balaban J connectivity index is 1.75. The fourth-order valence-corrected chi connectivity index (χ4v) is 3.89. The first-order valence-electron chi connectivity index (χ1n) is 8.41. The number of benzene rings is 4. The van der Waals surface area contributed by atoms with Crippen LogP contribution >= 0.6 is 31.9 Å². The van der Waals surface area contributed by atoms with Crippen molar-refractivity contribution < 1.29 is 0 Å². The molecule has 4 rings (SSSR count). The standard InChI is InChI=1S/C24H16Br2/c25-23-11-3-9-21(15-23)19-7-1-5-17(13-19)18-6-2-8-20(14-18)22-10-4-12-24(26)16-22/h1-16H. The molecule has 0 unspecified atom stereocenters.